The smallest absolute Gasteiger partial charge is 0.274 e. The summed E-state index contributed by atoms with van der Waals surface area (Å²) in [5.41, 5.74) is 3.27. The first-order valence-electron chi connectivity index (χ1n) is 8.44. The van der Waals surface area contributed by atoms with Gasteiger partial charge in [0.05, 0.1) is 5.69 Å². The van der Waals surface area contributed by atoms with Crippen LogP contribution in [0, 0.1) is 18.7 Å². The number of imidazole rings is 1. The van der Waals surface area contributed by atoms with Crippen LogP contribution in [0.4, 0.5) is 4.39 Å². The van der Waals surface area contributed by atoms with Crippen LogP contribution in [0.2, 0.25) is 0 Å². The number of fused-ring (bicyclic) bond motifs is 1. The molecule has 6 heteroatoms. The largest absolute Gasteiger partial charge is 0.348 e. The van der Waals surface area contributed by atoms with Crippen molar-refractivity contribution in [1.29, 1.82) is 0 Å². The summed E-state index contributed by atoms with van der Waals surface area (Å²) in [6.45, 7) is 3.95. The third kappa shape index (κ3) is 2.99. The van der Waals surface area contributed by atoms with Gasteiger partial charge in [-0.1, -0.05) is 0 Å². The molecule has 25 heavy (non-hydrogen) atoms. The second-order valence-corrected chi connectivity index (χ2v) is 6.70. The molecule has 1 N–H and O–H groups in total. The number of halogens is 1. The van der Waals surface area contributed by atoms with Gasteiger partial charge in [0.1, 0.15) is 12.1 Å². The van der Waals surface area contributed by atoms with Gasteiger partial charge in [0.25, 0.3) is 5.91 Å². The monoisotopic (exact) mass is 338 g/mol. The maximum absolute atomic E-state index is 13.2. The Morgan fingerprint density at radius 2 is 2.04 bits per heavy atom. The number of hydrogen-bond donors (Lipinski definition) is 1. The quantitative estimate of drug-likeness (QED) is 0.793. The van der Waals surface area contributed by atoms with E-state index in [0.717, 1.165) is 29.7 Å². The van der Waals surface area contributed by atoms with Gasteiger partial charge >= 0.3 is 0 Å². The molecule has 0 saturated heterocycles. The highest BCUT2D eigenvalue weighted by atomic mass is 19.1. The van der Waals surface area contributed by atoms with Gasteiger partial charge in [-0.05, 0) is 62.4 Å². The summed E-state index contributed by atoms with van der Waals surface area (Å²) < 4.78 is 14.9. The van der Waals surface area contributed by atoms with Crippen LogP contribution in [-0.2, 0) is 0 Å². The van der Waals surface area contributed by atoms with Gasteiger partial charge in [0.2, 0.25) is 0 Å². The molecule has 1 aliphatic carbocycles. The van der Waals surface area contributed by atoms with Crippen LogP contribution in [0.1, 0.15) is 35.8 Å². The Morgan fingerprint density at radius 1 is 1.32 bits per heavy atom. The molecule has 0 aliphatic heterocycles. The Bertz CT molecular complexity index is 944. The zero-order valence-corrected chi connectivity index (χ0v) is 14.2. The van der Waals surface area contributed by atoms with Crippen molar-refractivity contribution in [3.05, 3.63) is 53.9 Å². The molecule has 2 heterocycles. The first-order chi connectivity index (χ1) is 12.0. The molecule has 1 unspecified atom stereocenters. The van der Waals surface area contributed by atoms with Crippen LogP contribution in [-0.4, -0.2) is 26.3 Å². The lowest BCUT2D eigenvalue weighted by Gasteiger charge is -2.12. The highest BCUT2D eigenvalue weighted by Gasteiger charge is 2.30. The number of nitrogens with one attached hydrogen (secondary N) is 1. The van der Waals surface area contributed by atoms with Crippen molar-refractivity contribution in [1.82, 2.24) is 19.7 Å². The van der Waals surface area contributed by atoms with E-state index in [1.807, 2.05) is 20.0 Å². The topological polar surface area (TPSA) is 59.3 Å². The molecule has 1 saturated carbocycles. The average molecular weight is 338 g/mol. The number of rotatable bonds is 4. The van der Waals surface area contributed by atoms with E-state index < -0.39 is 0 Å². The molecular formula is C19H19FN4O. The van der Waals surface area contributed by atoms with E-state index in [9.17, 15) is 9.18 Å². The molecule has 0 bridgehead atoms. The lowest BCUT2D eigenvalue weighted by molar-refractivity contribution is 0.0933. The standard InChI is InChI=1S/C19H19FN4O/c1-11-9-24-10-21-17(19(25)22-12(2)13-3-4-13)18(24)23-16(11)14-5-7-15(20)8-6-14/h5-10,12-13H,3-4H2,1-2H3,(H,22,25). The predicted octanol–water partition coefficient (Wildman–Crippen LogP) is 3.37. The zero-order chi connectivity index (χ0) is 17.6. The summed E-state index contributed by atoms with van der Waals surface area (Å²) in [6, 6.07) is 6.33. The normalized spacial score (nSPS) is 15.3. The highest BCUT2D eigenvalue weighted by molar-refractivity contribution is 5.98. The van der Waals surface area contributed by atoms with Gasteiger partial charge in [0, 0.05) is 17.8 Å². The van der Waals surface area contributed by atoms with Gasteiger partial charge in [-0.3, -0.25) is 9.20 Å². The number of hydrogen-bond acceptors (Lipinski definition) is 3. The fourth-order valence-electron chi connectivity index (χ4n) is 3.07. The summed E-state index contributed by atoms with van der Waals surface area (Å²) in [5.74, 6) is 0.0760. The molecule has 1 aromatic carbocycles. The second-order valence-electron chi connectivity index (χ2n) is 6.70. The molecule has 3 aromatic rings. The predicted molar refractivity (Wildman–Crippen MR) is 92.8 cm³/mol. The van der Waals surface area contributed by atoms with Crippen LogP contribution in [0.15, 0.2) is 36.8 Å². The molecule has 4 rings (SSSR count). The van der Waals surface area contributed by atoms with Crippen molar-refractivity contribution >= 4 is 11.6 Å². The van der Waals surface area contributed by atoms with Gasteiger partial charge in [-0.25, -0.2) is 14.4 Å². The molecular weight excluding hydrogens is 319 g/mol. The van der Waals surface area contributed by atoms with E-state index in [2.05, 4.69) is 15.3 Å². The third-order valence-electron chi connectivity index (χ3n) is 4.71. The Balaban J connectivity index is 1.72. The van der Waals surface area contributed by atoms with Crippen LogP contribution in [0.5, 0.6) is 0 Å². The Hall–Kier alpha value is -2.76. The fourth-order valence-corrected chi connectivity index (χ4v) is 3.07. The van der Waals surface area contributed by atoms with E-state index in [0.29, 0.717) is 17.3 Å². The van der Waals surface area contributed by atoms with Crippen LogP contribution in [0.25, 0.3) is 16.9 Å². The van der Waals surface area contributed by atoms with Gasteiger partial charge in [-0.2, -0.15) is 0 Å². The van der Waals surface area contributed by atoms with Crippen molar-refractivity contribution in [3.63, 3.8) is 0 Å². The van der Waals surface area contributed by atoms with Crippen molar-refractivity contribution in [2.75, 3.05) is 0 Å². The number of carbonyl (C=O) groups is 1. The molecule has 2 aromatic heterocycles. The first kappa shape index (κ1) is 15.7. The molecule has 1 aliphatic rings. The zero-order valence-electron chi connectivity index (χ0n) is 14.2. The molecule has 1 fully saturated rings. The summed E-state index contributed by atoms with van der Waals surface area (Å²) in [7, 11) is 0. The number of aryl methyl sites for hydroxylation is 1. The van der Waals surface area contributed by atoms with E-state index in [4.69, 9.17) is 0 Å². The van der Waals surface area contributed by atoms with E-state index >= 15 is 0 Å². The summed E-state index contributed by atoms with van der Waals surface area (Å²) >= 11 is 0. The van der Waals surface area contributed by atoms with E-state index in [1.54, 1.807) is 22.9 Å². The van der Waals surface area contributed by atoms with E-state index in [1.165, 1.54) is 12.1 Å². The highest BCUT2D eigenvalue weighted by Crippen LogP contribution is 2.32. The van der Waals surface area contributed by atoms with Crippen molar-refractivity contribution in [3.8, 4) is 11.3 Å². The Kier molecular flexibility index (Phi) is 3.75. The SMILES string of the molecule is Cc1cn2cnc(C(=O)NC(C)C3CC3)c2nc1-c1ccc(F)cc1. The minimum Gasteiger partial charge on any atom is -0.348 e. The van der Waals surface area contributed by atoms with Crippen LogP contribution >= 0.6 is 0 Å². The molecule has 0 spiro atoms. The molecule has 128 valence electrons. The summed E-state index contributed by atoms with van der Waals surface area (Å²) in [5, 5.41) is 3.01. The lowest BCUT2D eigenvalue weighted by atomic mass is 10.1. The number of amides is 1. The van der Waals surface area contributed by atoms with Gasteiger partial charge in [-0.15, -0.1) is 0 Å². The van der Waals surface area contributed by atoms with Crippen LogP contribution in [0.3, 0.4) is 0 Å². The average Bonchev–Trinajstić information content (AvgIpc) is 3.36. The van der Waals surface area contributed by atoms with Gasteiger partial charge in [0.15, 0.2) is 11.3 Å². The second kappa shape index (κ2) is 5.95. The van der Waals surface area contributed by atoms with Crippen molar-refractivity contribution in [2.45, 2.75) is 32.7 Å². The van der Waals surface area contributed by atoms with Crippen molar-refractivity contribution in [2.24, 2.45) is 5.92 Å². The molecule has 0 radical (unpaired) electrons. The van der Waals surface area contributed by atoms with E-state index in [-0.39, 0.29) is 17.8 Å². The molecule has 5 nitrogen and oxygen atoms in total. The fraction of sp³-hybridized carbons (Fsp3) is 0.316. The number of nitrogens with zero attached hydrogens (tertiary/aromatic N) is 3. The Morgan fingerprint density at radius 3 is 2.72 bits per heavy atom. The number of carbonyl (C=O) groups excluding carboxylic acids is 1. The minimum atomic E-state index is -0.291. The summed E-state index contributed by atoms with van der Waals surface area (Å²) in [4.78, 5) is 21.5. The number of benzene rings is 1. The van der Waals surface area contributed by atoms with Gasteiger partial charge < -0.3 is 5.32 Å². The lowest BCUT2D eigenvalue weighted by Crippen LogP contribution is -2.34. The first-order valence-corrected chi connectivity index (χ1v) is 8.44. The summed E-state index contributed by atoms with van der Waals surface area (Å²) in [6.07, 6.45) is 5.81. The third-order valence-corrected chi connectivity index (χ3v) is 4.71. The minimum absolute atomic E-state index is 0.145. The maximum Gasteiger partial charge on any atom is 0.274 e. The number of aromatic nitrogens is 3. The van der Waals surface area contributed by atoms with Crippen LogP contribution < -0.4 is 5.32 Å². The Labute approximate surface area is 144 Å². The molecule has 1 amide bonds. The molecule has 1 atom stereocenters. The van der Waals surface area contributed by atoms with Crippen molar-refractivity contribution < 1.29 is 9.18 Å². The maximum atomic E-state index is 13.2.